The third kappa shape index (κ3) is 3.61. The smallest absolute Gasteiger partial charge is 0.129 e. The van der Waals surface area contributed by atoms with Crippen molar-refractivity contribution in [3.63, 3.8) is 0 Å². The van der Waals surface area contributed by atoms with Gasteiger partial charge in [0.15, 0.2) is 0 Å². The lowest BCUT2D eigenvalue weighted by Gasteiger charge is -2.28. The minimum atomic E-state index is -0.0547. The molecule has 0 saturated heterocycles. The molecule has 1 N–H and O–H groups in total. The molecule has 108 valence electrons. The number of rotatable bonds is 7. The van der Waals surface area contributed by atoms with Crippen LogP contribution in [0.5, 0.6) is 11.5 Å². The van der Waals surface area contributed by atoms with E-state index in [1.807, 2.05) is 13.0 Å². The Hall–Kier alpha value is -1.26. The van der Waals surface area contributed by atoms with Gasteiger partial charge < -0.3 is 14.2 Å². The van der Waals surface area contributed by atoms with Gasteiger partial charge in [-0.15, -0.1) is 0 Å². The average molecular weight is 267 g/mol. The highest BCUT2D eigenvalue weighted by Gasteiger charge is 2.26. The van der Waals surface area contributed by atoms with Gasteiger partial charge in [0.05, 0.1) is 21.0 Å². The Labute approximate surface area is 116 Å². The SMILES string of the molecule is COCNCC(C)(C)c1ccc(OC)c(C)c1OC. The zero-order valence-corrected chi connectivity index (χ0v) is 12.8. The first-order valence-corrected chi connectivity index (χ1v) is 6.39. The first kappa shape index (κ1) is 15.8. The monoisotopic (exact) mass is 267 g/mol. The van der Waals surface area contributed by atoms with E-state index in [1.165, 1.54) is 0 Å². The Bertz CT molecular complexity index is 416. The van der Waals surface area contributed by atoms with Gasteiger partial charge in [-0.05, 0) is 13.0 Å². The molecule has 0 saturated carbocycles. The predicted molar refractivity (Wildman–Crippen MR) is 77.2 cm³/mol. The Morgan fingerprint density at radius 3 is 2.32 bits per heavy atom. The Kier molecular flexibility index (Phi) is 5.63. The second-order valence-corrected chi connectivity index (χ2v) is 5.22. The minimum Gasteiger partial charge on any atom is -0.496 e. The van der Waals surface area contributed by atoms with E-state index < -0.39 is 0 Å². The minimum absolute atomic E-state index is 0.0547. The molecule has 0 spiro atoms. The van der Waals surface area contributed by atoms with Crippen molar-refractivity contribution in [2.45, 2.75) is 26.2 Å². The second kappa shape index (κ2) is 6.78. The third-order valence-corrected chi connectivity index (χ3v) is 3.32. The van der Waals surface area contributed by atoms with E-state index in [4.69, 9.17) is 14.2 Å². The van der Waals surface area contributed by atoms with Crippen LogP contribution in [0.15, 0.2) is 12.1 Å². The van der Waals surface area contributed by atoms with E-state index in [0.29, 0.717) is 6.73 Å². The fourth-order valence-electron chi connectivity index (χ4n) is 2.25. The number of ether oxygens (including phenoxy) is 3. The van der Waals surface area contributed by atoms with Crippen LogP contribution in [0, 0.1) is 6.92 Å². The topological polar surface area (TPSA) is 39.7 Å². The van der Waals surface area contributed by atoms with Crippen LogP contribution < -0.4 is 14.8 Å². The van der Waals surface area contributed by atoms with E-state index in [-0.39, 0.29) is 5.41 Å². The molecule has 4 heteroatoms. The first-order valence-electron chi connectivity index (χ1n) is 6.39. The van der Waals surface area contributed by atoms with Crippen molar-refractivity contribution in [1.82, 2.24) is 5.32 Å². The van der Waals surface area contributed by atoms with Gasteiger partial charge in [-0.25, -0.2) is 0 Å². The second-order valence-electron chi connectivity index (χ2n) is 5.22. The summed E-state index contributed by atoms with van der Waals surface area (Å²) in [5.74, 6) is 1.74. The largest absolute Gasteiger partial charge is 0.496 e. The maximum atomic E-state index is 5.57. The fraction of sp³-hybridized carbons (Fsp3) is 0.600. The van der Waals surface area contributed by atoms with Crippen LogP contribution in [-0.4, -0.2) is 34.6 Å². The highest BCUT2D eigenvalue weighted by atomic mass is 16.5. The summed E-state index contributed by atoms with van der Waals surface area (Å²) in [4.78, 5) is 0. The summed E-state index contributed by atoms with van der Waals surface area (Å²) >= 11 is 0. The van der Waals surface area contributed by atoms with E-state index in [0.717, 1.165) is 29.2 Å². The summed E-state index contributed by atoms with van der Waals surface area (Å²) in [5, 5.41) is 3.26. The van der Waals surface area contributed by atoms with Gasteiger partial charge in [0.1, 0.15) is 11.5 Å². The molecule has 1 aromatic carbocycles. The predicted octanol–water partition coefficient (Wildman–Crippen LogP) is 2.48. The third-order valence-electron chi connectivity index (χ3n) is 3.32. The molecule has 4 nitrogen and oxygen atoms in total. The maximum absolute atomic E-state index is 5.57. The molecule has 0 amide bonds. The molecule has 0 atom stereocenters. The maximum Gasteiger partial charge on any atom is 0.129 e. The number of hydrogen-bond donors (Lipinski definition) is 1. The molecule has 0 radical (unpaired) electrons. The molecular formula is C15H25NO3. The molecule has 0 aromatic heterocycles. The van der Waals surface area contributed by atoms with Gasteiger partial charge in [0.2, 0.25) is 0 Å². The molecule has 0 fully saturated rings. The summed E-state index contributed by atoms with van der Waals surface area (Å²) in [6.07, 6.45) is 0. The van der Waals surface area contributed by atoms with Crippen LogP contribution in [0.3, 0.4) is 0 Å². The van der Waals surface area contributed by atoms with Gasteiger partial charge in [-0.1, -0.05) is 19.9 Å². The molecule has 0 heterocycles. The molecule has 0 unspecified atom stereocenters. The molecule has 0 aliphatic rings. The molecule has 0 aliphatic carbocycles. The van der Waals surface area contributed by atoms with Gasteiger partial charge >= 0.3 is 0 Å². The van der Waals surface area contributed by atoms with Crippen LogP contribution in [0.4, 0.5) is 0 Å². The lowest BCUT2D eigenvalue weighted by atomic mass is 9.83. The zero-order valence-electron chi connectivity index (χ0n) is 12.8. The number of methoxy groups -OCH3 is 3. The van der Waals surface area contributed by atoms with E-state index in [1.54, 1.807) is 21.3 Å². The summed E-state index contributed by atoms with van der Waals surface area (Å²) < 4.78 is 15.9. The molecule has 0 bridgehead atoms. The van der Waals surface area contributed by atoms with Crippen LogP contribution in [-0.2, 0) is 10.2 Å². The summed E-state index contributed by atoms with van der Waals surface area (Å²) in [7, 11) is 5.05. The molecule has 0 aliphatic heterocycles. The van der Waals surface area contributed by atoms with Crippen molar-refractivity contribution in [2.24, 2.45) is 0 Å². The number of nitrogens with one attached hydrogen (secondary N) is 1. The average Bonchev–Trinajstić information content (AvgIpc) is 2.38. The molecule has 1 aromatic rings. The lowest BCUT2D eigenvalue weighted by Crippen LogP contribution is -2.34. The van der Waals surface area contributed by atoms with Gasteiger partial charge in [-0.3, -0.25) is 5.32 Å². The van der Waals surface area contributed by atoms with Crippen LogP contribution in [0.25, 0.3) is 0 Å². The van der Waals surface area contributed by atoms with Gasteiger partial charge in [-0.2, -0.15) is 0 Å². The summed E-state index contributed by atoms with van der Waals surface area (Å²) in [6, 6.07) is 4.06. The highest BCUT2D eigenvalue weighted by molar-refractivity contribution is 5.52. The number of benzene rings is 1. The standard InChI is InChI=1S/C15H25NO3/c1-11-13(18-5)8-7-12(14(11)19-6)15(2,3)9-16-10-17-4/h7-8,16H,9-10H2,1-6H3. The molecule has 19 heavy (non-hydrogen) atoms. The van der Waals surface area contributed by atoms with Crippen molar-refractivity contribution in [3.8, 4) is 11.5 Å². The highest BCUT2D eigenvalue weighted by Crippen LogP contribution is 2.37. The fourth-order valence-corrected chi connectivity index (χ4v) is 2.25. The zero-order chi connectivity index (χ0) is 14.5. The van der Waals surface area contributed by atoms with E-state index in [9.17, 15) is 0 Å². The van der Waals surface area contributed by atoms with E-state index in [2.05, 4.69) is 25.2 Å². The van der Waals surface area contributed by atoms with Crippen molar-refractivity contribution < 1.29 is 14.2 Å². The first-order chi connectivity index (χ1) is 8.97. The Morgan fingerprint density at radius 2 is 1.79 bits per heavy atom. The normalized spacial score (nSPS) is 11.5. The van der Waals surface area contributed by atoms with Gasteiger partial charge in [0.25, 0.3) is 0 Å². The van der Waals surface area contributed by atoms with E-state index >= 15 is 0 Å². The van der Waals surface area contributed by atoms with Crippen LogP contribution >= 0.6 is 0 Å². The molecular weight excluding hydrogens is 242 g/mol. The Balaban J connectivity index is 3.08. The lowest BCUT2D eigenvalue weighted by molar-refractivity contribution is 0.169. The summed E-state index contributed by atoms with van der Waals surface area (Å²) in [5.41, 5.74) is 2.14. The van der Waals surface area contributed by atoms with Crippen LogP contribution in [0.2, 0.25) is 0 Å². The van der Waals surface area contributed by atoms with Crippen molar-refractivity contribution in [3.05, 3.63) is 23.3 Å². The van der Waals surface area contributed by atoms with Crippen molar-refractivity contribution in [2.75, 3.05) is 34.6 Å². The summed E-state index contributed by atoms with van der Waals surface area (Å²) in [6.45, 7) is 7.72. The molecule has 1 rings (SSSR count). The quantitative estimate of drug-likeness (QED) is 0.608. The Morgan fingerprint density at radius 1 is 1.11 bits per heavy atom. The van der Waals surface area contributed by atoms with Gasteiger partial charge in [0, 0.05) is 30.2 Å². The number of hydrogen-bond acceptors (Lipinski definition) is 4. The van der Waals surface area contributed by atoms with Crippen LogP contribution in [0.1, 0.15) is 25.0 Å². The van der Waals surface area contributed by atoms with Crippen molar-refractivity contribution in [1.29, 1.82) is 0 Å². The van der Waals surface area contributed by atoms with Crippen molar-refractivity contribution >= 4 is 0 Å².